The van der Waals surface area contributed by atoms with E-state index in [1.807, 2.05) is 0 Å². The number of alkyl halides is 3. The molecule has 78 valence electrons. The Kier molecular flexibility index (Phi) is 4.22. The summed E-state index contributed by atoms with van der Waals surface area (Å²) in [5.74, 6) is 0. The first-order chi connectivity index (χ1) is 6.61. The smallest absolute Gasteiger partial charge is 0.281 e. The Labute approximate surface area is 93.0 Å². The zero-order valence-electron chi connectivity index (χ0n) is 6.98. The van der Waals surface area contributed by atoms with Crippen LogP contribution in [0.4, 0.5) is 8.78 Å². The van der Waals surface area contributed by atoms with Crippen LogP contribution in [0.25, 0.3) is 0 Å². The zero-order valence-corrected chi connectivity index (χ0v) is 9.32. The fourth-order valence-electron chi connectivity index (χ4n) is 1.01. The van der Waals surface area contributed by atoms with Crippen LogP contribution in [0.2, 0.25) is 5.02 Å². The Morgan fingerprint density at radius 1 is 1.57 bits per heavy atom. The van der Waals surface area contributed by atoms with Gasteiger partial charge in [0.25, 0.3) is 6.43 Å². The molecular formula is C8H7BrClF2NO. The minimum atomic E-state index is -2.70. The summed E-state index contributed by atoms with van der Waals surface area (Å²) in [6.07, 6.45) is -1.49. The number of hydrogen-bond acceptors (Lipinski definition) is 2. The summed E-state index contributed by atoms with van der Waals surface area (Å²) in [6.45, 7) is -0.267. The van der Waals surface area contributed by atoms with Gasteiger partial charge in [0.15, 0.2) is 0 Å². The molecule has 0 unspecified atom stereocenters. The molecule has 6 heteroatoms. The zero-order chi connectivity index (χ0) is 10.7. The summed E-state index contributed by atoms with van der Waals surface area (Å²) in [5, 5.41) is 9.13. The van der Waals surface area contributed by atoms with E-state index in [1.165, 1.54) is 6.20 Å². The van der Waals surface area contributed by atoms with Crippen molar-refractivity contribution in [3.63, 3.8) is 0 Å². The van der Waals surface area contributed by atoms with E-state index in [0.29, 0.717) is 16.5 Å². The molecule has 1 aromatic heterocycles. The lowest BCUT2D eigenvalue weighted by molar-refractivity contribution is 0.146. The van der Waals surface area contributed by atoms with Gasteiger partial charge in [0.1, 0.15) is 5.69 Å². The summed E-state index contributed by atoms with van der Waals surface area (Å²) < 4.78 is 24.7. The molecule has 1 aromatic rings. The van der Waals surface area contributed by atoms with E-state index < -0.39 is 12.1 Å². The highest BCUT2D eigenvalue weighted by atomic mass is 79.9. The third-order valence-corrected chi connectivity index (χ3v) is 2.73. The summed E-state index contributed by atoms with van der Waals surface area (Å²) in [5.41, 5.74) is 0.467. The monoisotopic (exact) mass is 285 g/mol. The topological polar surface area (TPSA) is 33.1 Å². The molecule has 1 N–H and O–H groups in total. The van der Waals surface area contributed by atoms with Gasteiger partial charge in [-0.25, -0.2) is 8.78 Å². The summed E-state index contributed by atoms with van der Waals surface area (Å²) in [6, 6.07) is 0. The molecule has 14 heavy (non-hydrogen) atoms. The van der Waals surface area contributed by atoms with Crippen LogP contribution in [0.3, 0.4) is 0 Å². The lowest BCUT2D eigenvalue weighted by Gasteiger charge is -2.09. The molecule has 0 fully saturated rings. The van der Waals surface area contributed by atoms with Crippen LogP contribution >= 0.6 is 27.5 Å². The summed E-state index contributed by atoms with van der Waals surface area (Å²) in [7, 11) is 0. The number of nitrogens with zero attached hydrogens (tertiary/aromatic N) is 1. The highest BCUT2D eigenvalue weighted by Gasteiger charge is 2.18. The van der Waals surface area contributed by atoms with E-state index in [4.69, 9.17) is 16.7 Å². The van der Waals surface area contributed by atoms with Crippen LogP contribution in [0.15, 0.2) is 6.20 Å². The standard InChI is InChI=1S/C8H7BrClF2NO/c9-1-5-4(3-14)2-13-7(6(5)10)8(11)12/h2,8,14H,1,3H2. The average Bonchev–Trinajstić information content (AvgIpc) is 2.16. The van der Waals surface area contributed by atoms with E-state index in [-0.39, 0.29) is 11.6 Å². The average molecular weight is 287 g/mol. The van der Waals surface area contributed by atoms with Crippen molar-refractivity contribution in [3.8, 4) is 0 Å². The summed E-state index contributed by atoms with van der Waals surface area (Å²) >= 11 is 8.82. The Morgan fingerprint density at radius 2 is 2.21 bits per heavy atom. The number of halogens is 4. The van der Waals surface area contributed by atoms with E-state index >= 15 is 0 Å². The summed E-state index contributed by atoms with van der Waals surface area (Å²) in [4.78, 5) is 3.49. The molecular weight excluding hydrogens is 279 g/mol. The van der Waals surface area contributed by atoms with Gasteiger partial charge in [0, 0.05) is 17.1 Å². The first-order valence-corrected chi connectivity index (χ1v) is 5.22. The predicted octanol–water partition coefficient (Wildman–Crippen LogP) is 3.06. The third kappa shape index (κ3) is 2.21. The number of pyridine rings is 1. The van der Waals surface area contributed by atoms with Crippen molar-refractivity contribution in [1.82, 2.24) is 4.98 Å². The predicted molar refractivity (Wildman–Crippen MR) is 52.8 cm³/mol. The maximum atomic E-state index is 12.4. The van der Waals surface area contributed by atoms with Gasteiger partial charge < -0.3 is 5.11 Å². The maximum absolute atomic E-state index is 12.4. The molecule has 1 heterocycles. The van der Waals surface area contributed by atoms with E-state index in [9.17, 15) is 8.78 Å². The second-order valence-electron chi connectivity index (χ2n) is 2.55. The first kappa shape index (κ1) is 11.8. The SMILES string of the molecule is OCc1cnc(C(F)F)c(Cl)c1CBr. The van der Waals surface area contributed by atoms with Crippen LogP contribution in [-0.2, 0) is 11.9 Å². The largest absolute Gasteiger partial charge is 0.392 e. The Hall–Kier alpha value is -0.260. The second kappa shape index (κ2) is 5.00. The molecule has 0 radical (unpaired) electrons. The van der Waals surface area contributed by atoms with Crippen molar-refractivity contribution in [2.24, 2.45) is 0 Å². The number of hydrogen-bond donors (Lipinski definition) is 1. The Balaban J connectivity index is 3.27. The Morgan fingerprint density at radius 3 is 2.64 bits per heavy atom. The number of rotatable bonds is 3. The van der Waals surface area contributed by atoms with Crippen LogP contribution in [0, 0.1) is 0 Å². The molecule has 0 aliphatic heterocycles. The number of aliphatic hydroxyl groups is 1. The number of aliphatic hydroxyl groups excluding tert-OH is 1. The molecule has 0 bridgehead atoms. The lowest BCUT2D eigenvalue weighted by atomic mass is 10.1. The molecule has 0 spiro atoms. The number of aromatic nitrogens is 1. The van der Waals surface area contributed by atoms with Crippen molar-refractivity contribution < 1.29 is 13.9 Å². The van der Waals surface area contributed by atoms with Crippen LogP contribution < -0.4 is 0 Å². The molecule has 0 aliphatic carbocycles. The molecule has 0 amide bonds. The van der Waals surface area contributed by atoms with Crippen molar-refractivity contribution in [2.45, 2.75) is 18.4 Å². The fraction of sp³-hybridized carbons (Fsp3) is 0.375. The van der Waals surface area contributed by atoms with Gasteiger partial charge in [-0.1, -0.05) is 27.5 Å². The van der Waals surface area contributed by atoms with Crippen LogP contribution in [0.1, 0.15) is 23.2 Å². The van der Waals surface area contributed by atoms with Gasteiger partial charge in [0.2, 0.25) is 0 Å². The lowest BCUT2D eigenvalue weighted by Crippen LogP contribution is -2.00. The van der Waals surface area contributed by atoms with E-state index in [1.54, 1.807) is 0 Å². The first-order valence-electron chi connectivity index (χ1n) is 3.73. The molecule has 0 saturated heterocycles. The fourth-order valence-corrected chi connectivity index (χ4v) is 2.13. The van der Waals surface area contributed by atoms with Gasteiger partial charge in [-0.2, -0.15) is 0 Å². The molecule has 1 rings (SSSR count). The van der Waals surface area contributed by atoms with E-state index in [2.05, 4.69) is 20.9 Å². The molecule has 2 nitrogen and oxygen atoms in total. The minimum Gasteiger partial charge on any atom is -0.392 e. The van der Waals surface area contributed by atoms with E-state index in [0.717, 1.165) is 0 Å². The molecule has 0 aromatic carbocycles. The normalized spacial score (nSPS) is 11.0. The van der Waals surface area contributed by atoms with Crippen LogP contribution in [-0.4, -0.2) is 10.1 Å². The van der Waals surface area contributed by atoms with Gasteiger partial charge in [-0.3, -0.25) is 4.98 Å². The molecule has 0 atom stereocenters. The van der Waals surface area contributed by atoms with Crippen molar-refractivity contribution in [2.75, 3.05) is 0 Å². The van der Waals surface area contributed by atoms with Gasteiger partial charge in [0.05, 0.1) is 11.6 Å². The second-order valence-corrected chi connectivity index (χ2v) is 3.49. The van der Waals surface area contributed by atoms with Crippen LogP contribution in [0.5, 0.6) is 0 Å². The van der Waals surface area contributed by atoms with Crippen molar-refractivity contribution >= 4 is 27.5 Å². The third-order valence-electron chi connectivity index (χ3n) is 1.75. The quantitative estimate of drug-likeness (QED) is 0.866. The molecule has 0 saturated carbocycles. The van der Waals surface area contributed by atoms with Crippen molar-refractivity contribution in [3.05, 3.63) is 28.0 Å². The molecule has 0 aliphatic rings. The van der Waals surface area contributed by atoms with Gasteiger partial charge >= 0.3 is 0 Å². The van der Waals surface area contributed by atoms with Gasteiger partial charge in [-0.15, -0.1) is 0 Å². The van der Waals surface area contributed by atoms with Crippen molar-refractivity contribution in [1.29, 1.82) is 0 Å². The Bertz CT molecular complexity index is 335. The highest BCUT2D eigenvalue weighted by molar-refractivity contribution is 9.08. The highest BCUT2D eigenvalue weighted by Crippen LogP contribution is 2.31. The maximum Gasteiger partial charge on any atom is 0.281 e. The van der Waals surface area contributed by atoms with Gasteiger partial charge in [-0.05, 0) is 5.56 Å². The minimum absolute atomic E-state index is 0.0802.